The molecule has 0 unspecified atom stereocenters. The minimum absolute atomic E-state index is 0.339. The lowest BCUT2D eigenvalue weighted by molar-refractivity contribution is 0.157. The molecular formula is C28H30N2O3. The molecule has 0 atom stereocenters. The van der Waals surface area contributed by atoms with Crippen LogP contribution in [-0.4, -0.2) is 35.8 Å². The van der Waals surface area contributed by atoms with Gasteiger partial charge in [-0.1, -0.05) is 36.4 Å². The van der Waals surface area contributed by atoms with Crippen LogP contribution in [-0.2, 0) is 6.54 Å². The predicted molar refractivity (Wildman–Crippen MR) is 133 cm³/mol. The lowest BCUT2D eigenvalue weighted by Gasteiger charge is -2.20. The summed E-state index contributed by atoms with van der Waals surface area (Å²) in [5.74, 6) is 1.34. The number of ether oxygens (including phenoxy) is 2. The molecule has 4 aromatic rings. The second-order valence-corrected chi connectivity index (χ2v) is 8.01. The van der Waals surface area contributed by atoms with Crippen molar-refractivity contribution in [3.8, 4) is 22.6 Å². The number of benzene rings is 3. The second kappa shape index (κ2) is 9.82. The number of carbonyl (C=O) groups is 1. The van der Waals surface area contributed by atoms with Gasteiger partial charge >= 0.3 is 6.09 Å². The Morgan fingerprint density at radius 2 is 1.67 bits per heavy atom. The Hall–Kier alpha value is -3.73. The van der Waals surface area contributed by atoms with E-state index in [0.717, 1.165) is 34.3 Å². The van der Waals surface area contributed by atoms with Crippen LogP contribution in [0.1, 0.15) is 25.0 Å². The lowest BCUT2D eigenvalue weighted by atomic mass is 10.00. The first kappa shape index (κ1) is 22.5. The normalized spacial score (nSPS) is 10.9. The monoisotopic (exact) mass is 442 g/mol. The highest BCUT2D eigenvalue weighted by molar-refractivity contribution is 5.99. The fourth-order valence-electron chi connectivity index (χ4n) is 4.14. The number of hydrogen-bond acceptors (Lipinski definition) is 3. The minimum atomic E-state index is -0.339. The van der Waals surface area contributed by atoms with Crippen LogP contribution in [0.25, 0.3) is 22.0 Å². The first-order valence-electron chi connectivity index (χ1n) is 11.3. The summed E-state index contributed by atoms with van der Waals surface area (Å²) in [6.45, 7) is 8.00. The molecule has 0 spiro atoms. The van der Waals surface area contributed by atoms with E-state index in [9.17, 15) is 4.79 Å². The lowest BCUT2D eigenvalue weighted by Crippen LogP contribution is -2.33. The largest absolute Gasteiger partial charge is 0.497 e. The minimum Gasteiger partial charge on any atom is -0.497 e. The van der Waals surface area contributed by atoms with Gasteiger partial charge in [-0.2, -0.15) is 0 Å². The van der Waals surface area contributed by atoms with Crippen LogP contribution < -0.4 is 9.47 Å². The number of aryl methyl sites for hydroxylation is 1. The van der Waals surface area contributed by atoms with E-state index < -0.39 is 0 Å². The number of nitrogens with zero attached hydrogens (tertiary/aromatic N) is 2. The van der Waals surface area contributed by atoms with Gasteiger partial charge in [0.2, 0.25) is 0 Å². The smallest absolute Gasteiger partial charge is 0.415 e. The fourth-order valence-corrected chi connectivity index (χ4v) is 4.14. The summed E-state index contributed by atoms with van der Waals surface area (Å²) in [5, 5.41) is 1.04. The topological polar surface area (TPSA) is 43.7 Å². The molecule has 0 radical (unpaired) electrons. The Kier molecular flexibility index (Phi) is 6.68. The summed E-state index contributed by atoms with van der Waals surface area (Å²) in [4.78, 5) is 14.4. The Bertz CT molecular complexity index is 1250. The molecule has 0 aliphatic heterocycles. The molecule has 5 heteroatoms. The van der Waals surface area contributed by atoms with Crippen LogP contribution in [0.4, 0.5) is 4.79 Å². The average molecular weight is 443 g/mol. The van der Waals surface area contributed by atoms with Crippen molar-refractivity contribution in [2.75, 3.05) is 20.2 Å². The number of amides is 1. The maximum Gasteiger partial charge on any atom is 0.415 e. The van der Waals surface area contributed by atoms with Crippen molar-refractivity contribution in [2.24, 2.45) is 0 Å². The molecule has 0 aliphatic carbocycles. The van der Waals surface area contributed by atoms with Crippen molar-refractivity contribution in [1.82, 2.24) is 9.47 Å². The quantitative estimate of drug-likeness (QED) is 0.327. The zero-order valence-electron chi connectivity index (χ0n) is 19.7. The van der Waals surface area contributed by atoms with Crippen LogP contribution in [0.2, 0.25) is 0 Å². The van der Waals surface area contributed by atoms with Gasteiger partial charge in [-0.3, -0.25) is 0 Å². The molecule has 0 aliphatic rings. The van der Waals surface area contributed by atoms with Crippen molar-refractivity contribution in [2.45, 2.75) is 27.3 Å². The van der Waals surface area contributed by atoms with E-state index in [4.69, 9.17) is 9.47 Å². The van der Waals surface area contributed by atoms with Gasteiger partial charge < -0.3 is 18.9 Å². The molecule has 0 bridgehead atoms. The number of carbonyl (C=O) groups excluding carboxylic acids is 1. The van der Waals surface area contributed by atoms with Gasteiger partial charge in [0.05, 0.1) is 7.11 Å². The van der Waals surface area contributed by atoms with Crippen molar-refractivity contribution in [3.05, 3.63) is 84.1 Å². The Morgan fingerprint density at radius 3 is 2.33 bits per heavy atom. The molecule has 4 rings (SSSR count). The molecule has 33 heavy (non-hydrogen) atoms. The van der Waals surface area contributed by atoms with E-state index >= 15 is 0 Å². The van der Waals surface area contributed by atoms with Gasteiger partial charge in [0, 0.05) is 42.3 Å². The van der Waals surface area contributed by atoms with Gasteiger partial charge in [0.15, 0.2) is 0 Å². The maximum atomic E-state index is 12.8. The zero-order valence-corrected chi connectivity index (χ0v) is 19.7. The second-order valence-electron chi connectivity index (χ2n) is 8.01. The van der Waals surface area contributed by atoms with Gasteiger partial charge in [-0.05, 0) is 67.8 Å². The first-order valence-corrected chi connectivity index (χ1v) is 11.3. The van der Waals surface area contributed by atoms with Crippen molar-refractivity contribution in [1.29, 1.82) is 0 Å². The summed E-state index contributed by atoms with van der Waals surface area (Å²) in [6, 6.07) is 22.3. The SMILES string of the molecule is CCN(CC)C(=O)Oc1ccc2c(ccn2Cc2ccccc2C)c1-c1ccc(OC)cc1. The van der Waals surface area contributed by atoms with Gasteiger partial charge in [0.25, 0.3) is 0 Å². The summed E-state index contributed by atoms with van der Waals surface area (Å²) in [5.41, 5.74) is 5.50. The molecule has 5 nitrogen and oxygen atoms in total. The highest BCUT2D eigenvalue weighted by Crippen LogP contribution is 2.39. The number of aromatic nitrogens is 1. The Labute approximate surface area is 195 Å². The number of fused-ring (bicyclic) bond motifs is 1. The fraction of sp³-hybridized carbons (Fsp3) is 0.250. The number of methoxy groups -OCH3 is 1. The van der Waals surface area contributed by atoms with Crippen LogP contribution in [0, 0.1) is 6.92 Å². The predicted octanol–water partition coefficient (Wildman–Crippen LogP) is 6.51. The number of hydrogen-bond donors (Lipinski definition) is 0. The maximum absolute atomic E-state index is 12.8. The highest BCUT2D eigenvalue weighted by Gasteiger charge is 2.19. The molecule has 1 aromatic heterocycles. The standard InChI is InChI=1S/C28H30N2O3/c1-5-29(6-2)28(31)33-26-16-15-25-24(27(26)21-11-13-23(32-4)14-12-21)17-18-30(25)19-22-10-8-7-9-20(22)3/h7-18H,5-6,19H2,1-4H3. The third-order valence-corrected chi connectivity index (χ3v) is 6.11. The third-order valence-electron chi connectivity index (χ3n) is 6.11. The van der Waals surface area contributed by atoms with Crippen molar-refractivity contribution < 1.29 is 14.3 Å². The molecule has 170 valence electrons. The van der Waals surface area contributed by atoms with E-state index in [1.54, 1.807) is 12.0 Å². The Morgan fingerprint density at radius 1 is 0.939 bits per heavy atom. The first-order chi connectivity index (χ1) is 16.0. The van der Waals surface area contributed by atoms with Crippen LogP contribution in [0.5, 0.6) is 11.5 Å². The van der Waals surface area contributed by atoms with Crippen LogP contribution >= 0.6 is 0 Å². The molecule has 1 heterocycles. The molecule has 1 amide bonds. The zero-order chi connectivity index (χ0) is 23.4. The molecule has 0 saturated heterocycles. The van der Waals surface area contributed by atoms with E-state index in [-0.39, 0.29) is 6.09 Å². The van der Waals surface area contributed by atoms with Gasteiger partial charge in [-0.25, -0.2) is 4.79 Å². The summed E-state index contributed by atoms with van der Waals surface area (Å²) in [7, 11) is 1.65. The van der Waals surface area contributed by atoms with Crippen LogP contribution in [0.15, 0.2) is 72.9 Å². The summed E-state index contributed by atoms with van der Waals surface area (Å²) >= 11 is 0. The summed E-state index contributed by atoms with van der Waals surface area (Å²) in [6.07, 6.45) is 1.76. The van der Waals surface area contributed by atoms with E-state index in [2.05, 4.69) is 48.0 Å². The molecule has 0 N–H and O–H groups in total. The van der Waals surface area contributed by atoms with Gasteiger partial charge in [0.1, 0.15) is 11.5 Å². The average Bonchev–Trinajstić information content (AvgIpc) is 3.24. The van der Waals surface area contributed by atoms with Crippen LogP contribution in [0.3, 0.4) is 0 Å². The molecule has 0 saturated carbocycles. The molecule has 0 fully saturated rings. The Balaban J connectivity index is 1.81. The molecule has 3 aromatic carbocycles. The van der Waals surface area contributed by atoms with Gasteiger partial charge in [-0.15, -0.1) is 0 Å². The van der Waals surface area contributed by atoms with Crippen molar-refractivity contribution >= 4 is 17.0 Å². The van der Waals surface area contributed by atoms with E-state index in [1.807, 2.05) is 50.2 Å². The van der Waals surface area contributed by atoms with E-state index in [0.29, 0.717) is 18.8 Å². The molecular weight excluding hydrogens is 412 g/mol. The van der Waals surface area contributed by atoms with E-state index in [1.165, 1.54) is 11.1 Å². The summed E-state index contributed by atoms with van der Waals surface area (Å²) < 4.78 is 13.5. The highest BCUT2D eigenvalue weighted by atomic mass is 16.6. The third kappa shape index (κ3) is 4.58. The van der Waals surface area contributed by atoms with Crippen molar-refractivity contribution in [3.63, 3.8) is 0 Å². The number of rotatable bonds is 7.